The molecule has 0 spiro atoms. The van der Waals surface area contributed by atoms with Crippen LogP contribution in [-0.4, -0.2) is 17.5 Å². The summed E-state index contributed by atoms with van der Waals surface area (Å²) in [7, 11) is 1.57. The summed E-state index contributed by atoms with van der Waals surface area (Å²) in [5, 5.41) is 11.3. The van der Waals surface area contributed by atoms with Gasteiger partial charge in [-0.1, -0.05) is 16.8 Å². The number of halogens is 2. The number of benzene rings is 1. The molecule has 0 aromatic heterocycles. The van der Waals surface area contributed by atoms with Crippen LogP contribution in [0.15, 0.2) is 27.8 Å². The van der Waals surface area contributed by atoms with Gasteiger partial charge in [-0.05, 0) is 34.1 Å². The van der Waals surface area contributed by atoms with Gasteiger partial charge < -0.3 is 9.94 Å². The number of hydrogen-bond donors (Lipinski definition) is 1. The van der Waals surface area contributed by atoms with Crippen molar-refractivity contribution in [2.24, 2.45) is 5.16 Å². The van der Waals surface area contributed by atoms with E-state index in [9.17, 15) is 0 Å². The zero-order valence-corrected chi connectivity index (χ0v) is 9.13. The molecule has 5 heteroatoms. The van der Waals surface area contributed by atoms with Gasteiger partial charge in [0, 0.05) is 5.56 Å². The molecule has 1 N–H and O–H groups in total. The molecule has 0 saturated carbocycles. The van der Waals surface area contributed by atoms with Crippen LogP contribution in [0.2, 0.25) is 0 Å². The van der Waals surface area contributed by atoms with Gasteiger partial charge in [0.15, 0.2) is 5.17 Å². The zero-order valence-electron chi connectivity index (χ0n) is 6.79. The molecule has 0 saturated heterocycles. The van der Waals surface area contributed by atoms with E-state index in [0.29, 0.717) is 11.3 Å². The predicted molar refractivity (Wildman–Crippen MR) is 54.9 cm³/mol. The maximum absolute atomic E-state index is 8.42. The third kappa shape index (κ3) is 2.35. The van der Waals surface area contributed by atoms with Crippen LogP contribution in [0.4, 0.5) is 0 Å². The summed E-state index contributed by atoms with van der Waals surface area (Å²) >= 11 is 8.88. The van der Waals surface area contributed by atoms with E-state index in [1.807, 2.05) is 0 Å². The minimum Gasteiger partial charge on any atom is -0.496 e. The summed E-state index contributed by atoms with van der Waals surface area (Å²) in [6.07, 6.45) is 0. The second kappa shape index (κ2) is 4.48. The fraction of sp³-hybridized carbons (Fsp3) is 0.125. The van der Waals surface area contributed by atoms with Crippen molar-refractivity contribution in [1.29, 1.82) is 0 Å². The monoisotopic (exact) mass is 263 g/mol. The van der Waals surface area contributed by atoms with Crippen LogP contribution >= 0.6 is 27.5 Å². The highest BCUT2D eigenvalue weighted by atomic mass is 79.9. The zero-order chi connectivity index (χ0) is 9.84. The van der Waals surface area contributed by atoms with Gasteiger partial charge in [-0.3, -0.25) is 0 Å². The van der Waals surface area contributed by atoms with Crippen molar-refractivity contribution in [1.82, 2.24) is 0 Å². The van der Waals surface area contributed by atoms with Crippen molar-refractivity contribution in [3.05, 3.63) is 28.2 Å². The summed E-state index contributed by atoms with van der Waals surface area (Å²) in [4.78, 5) is 0. The molecule has 3 nitrogen and oxygen atoms in total. The molecule has 0 aliphatic carbocycles. The lowest BCUT2D eigenvalue weighted by molar-refractivity contribution is 0.321. The van der Waals surface area contributed by atoms with E-state index in [1.165, 1.54) is 0 Å². The Hall–Kier alpha value is -0.740. The highest BCUT2D eigenvalue weighted by Gasteiger charge is 2.04. The highest BCUT2D eigenvalue weighted by Crippen LogP contribution is 2.26. The molecule has 13 heavy (non-hydrogen) atoms. The van der Waals surface area contributed by atoms with Crippen molar-refractivity contribution in [2.75, 3.05) is 7.11 Å². The molecule has 0 unspecified atom stereocenters. The van der Waals surface area contributed by atoms with Crippen LogP contribution in [0.5, 0.6) is 5.75 Å². The SMILES string of the molecule is COc1ccc(C(Cl)=NO)cc1Br. The molecule has 0 amide bonds. The minimum atomic E-state index is 0.0448. The molecule has 0 atom stereocenters. The Kier molecular flexibility index (Phi) is 3.57. The van der Waals surface area contributed by atoms with Gasteiger partial charge in [0.1, 0.15) is 5.75 Å². The van der Waals surface area contributed by atoms with E-state index in [1.54, 1.807) is 25.3 Å². The molecule has 1 rings (SSSR count). The molecule has 0 heterocycles. The van der Waals surface area contributed by atoms with E-state index < -0.39 is 0 Å². The third-order valence-corrected chi connectivity index (χ3v) is 2.39. The molecule has 0 aliphatic rings. The first-order valence-electron chi connectivity index (χ1n) is 3.40. The second-order valence-electron chi connectivity index (χ2n) is 2.24. The van der Waals surface area contributed by atoms with E-state index in [4.69, 9.17) is 21.5 Å². The van der Waals surface area contributed by atoms with Gasteiger partial charge in [0.05, 0.1) is 11.6 Å². The molecule has 1 aromatic carbocycles. The summed E-state index contributed by atoms with van der Waals surface area (Å²) < 4.78 is 5.78. The lowest BCUT2D eigenvalue weighted by Gasteiger charge is -2.03. The normalized spacial score (nSPS) is 11.5. The van der Waals surface area contributed by atoms with Crippen LogP contribution in [0.1, 0.15) is 5.56 Å². The van der Waals surface area contributed by atoms with Crippen molar-refractivity contribution >= 4 is 32.7 Å². The molecule has 0 aliphatic heterocycles. The van der Waals surface area contributed by atoms with Crippen LogP contribution in [0.3, 0.4) is 0 Å². The maximum atomic E-state index is 8.42. The van der Waals surface area contributed by atoms with E-state index in [-0.39, 0.29) is 5.17 Å². The van der Waals surface area contributed by atoms with Crippen molar-refractivity contribution in [3.8, 4) is 5.75 Å². The standard InChI is InChI=1S/C8H7BrClNO2/c1-13-7-3-2-5(4-6(7)9)8(10)11-12/h2-4,12H,1H3. The highest BCUT2D eigenvalue weighted by molar-refractivity contribution is 9.10. The Bertz CT molecular complexity index is 341. The van der Waals surface area contributed by atoms with Gasteiger partial charge in [0.25, 0.3) is 0 Å². The van der Waals surface area contributed by atoms with Gasteiger partial charge in [-0.25, -0.2) is 0 Å². The van der Waals surface area contributed by atoms with Crippen LogP contribution in [0.25, 0.3) is 0 Å². The average Bonchev–Trinajstić information content (AvgIpc) is 2.16. The number of oxime groups is 1. The Balaban J connectivity index is 3.10. The van der Waals surface area contributed by atoms with E-state index >= 15 is 0 Å². The topological polar surface area (TPSA) is 41.8 Å². The first-order chi connectivity index (χ1) is 6.19. The molecule has 1 aromatic rings. The number of rotatable bonds is 2. The Morgan fingerprint density at radius 3 is 2.77 bits per heavy atom. The second-order valence-corrected chi connectivity index (χ2v) is 3.45. The molecule has 70 valence electrons. The van der Waals surface area contributed by atoms with Gasteiger partial charge >= 0.3 is 0 Å². The van der Waals surface area contributed by atoms with Gasteiger partial charge in [-0.15, -0.1) is 0 Å². The smallest absolute Gasteiger partial charge is 0.175 e. The average molecular weight is 265 g/mol. The first-order valence-corrected chi connectivity index (χ1v) is 4.57. The Morgan fingerprint density at radius 1 is 1.62 bits per heavy atom. The summed E-state index contributed by atoms with van der Waals surface area (Å²) in [6.45, 7) is 0. The summed E-state index contributed by atoms with van der Waals surface area (Å²) in [5.41, 5.74) is 0.622. The lowest BCUT2D eigenvalue weighted by atomic mass is 10.2. The third-order valence-electron chi connectivity index (χ3n) is 1.48. The quantitative estimate of drug-likeness (QED) is 0.507. The van der Waals surface area contributed by atoms with Gasteiger partial charge in [0.2, 0.25) is 0 Å². The van der Waals surface area contributed by atoms with E-state index in [0.717, 1.165) is 4.47 Å². The number of methoxy groups -OCH3 is 1. The number of ether oxygens (including phenoxy) is 1. The van der Waals surface area contributed by atoms with Crippen LogP contribution in [0, 0.1) is 0 Å². The molecule has 0 radical (unpaired) electrons. The van der Waals surface area contributed by atoms with Gasteiger partial charge in [-0.2, -0.15) is 0 Å². The summed E-state index contributed by atoms with van der Waals surface area (Å²) in [6, 6.07) is 5.14. The maximum Gasteiger partial charge on any atom is 0.175 e. The largest absolute Gasteiger partial charge is 0.496 e. The lowest BCUT2D eigenvalue weighted by Crippen LogP contribution is -1.92. The van der Waals surface area contributed by atoms with Crippen molar-refractivity contribution < 1.29 is 9.94 Å². The number of hydrogen-bond acceptors (Lipinski definition) is 3. The Morgan fingerprint density at radius 2 is 2.31 bits per heavy atom. The Labute approximate surface area is 89.1 Å². The predicted octanol–water partition coefficient (Wildman–Crippen LogP) is 2.83. The molecule has 0 fully saturated rings. The number of nitrogens with zero attached hydrogens (tertiary/aromatic N) is 1. The fourth-order valence-electron chi connectivity index (χ4n) is 0.852. The van der Waals surface area contributed by atoms with Crippen molar-refractivity contribution in [3.63, 3.8) is 0 Å². The fourth-order valence-corrected chi connectivity index (χ4v) is 1.51. The van der Waals surface area contributed by atoms with Crippen molar-refractivity contribution in [2.45, 2.75) is 0 Å². The molecule has 0 bridgehead atoms. The molecular weight excluding hydrogens is 257 g/mol. The summed E-state index contributed by atoms with van der Waals surface area (Å²) in [5.74, 6) is 0.700. The minimum absolute atomic E-state index is 0.0448. The van der Waals surface area contributed by atoms with E-state index in [2.05, 4.69) is 21.1 Å². The first kappa shape index (κ1) is 10.3. The van der Waals surface area contributed by atoms with Crippen LogP contribution in [-0.2, 0) is 0 Å². The molecular formula is C8H7BrClNO2. The van der Waals surface area contributed by atoms with Crippen LogP contribution < -0.4 is 4.74 Å².